The average molecular weight is 736 g/mol. The lowest BCUT2D eigenvalue weighted by Gasteiger charge is -2.30. The quantitative estimate of drug-likeness (QED) is 0.197. The molecule has 2 unspecified atom stereocenters. The second-order valence-electron chi connectivity index (χ2n) is 16.3. The number of allylic oxidation sites excluding steroid dienone is 1. The van der Waals surface area contributed by atoms with Gasteiger partial charge in [0.25, 0.3) is 11.8 Å². The highest BCUT2D eigenvalue weighted by Gasteiger charge is 2.42. The van der Waals surface area contributed by atoms with Crippen LogP contribution in [0.1, 0.15) is 134 Å². The molecule has 2 bridgehead atoms. The molecule has 3 aliphatic carbocycles. The topological polar surface area (TPSA) is 116 Å². The van der Waals surface area contributed by atoms with Crippen molar-refractivity contribution >= 4 is 44.4 Å². The first-order valence-corrected chi connectivity index (χ1v) is 21.2. The zero-order valence-electron chi connectivity index (χ0n) is 30.9. The zero-order valence-corrected chi connectivity index (χ0v) is 31.8. The van der Waals surface area contributed by atoms with E-state index in [2.05, 4.69) is 37.1 Å². The maximum absolute atomic E-state index is 14.5. The fraction of sp³-hybridized carbons (Fsp3) is 0.500. The minimum atomic E-state index is -3.83. The van der Waals surface area contributed by atoms with Gasteiger partial charge < -0.3 is 14.2 Å². The number of carbonyl (C=O) groups excluding carboxylic acids is 2. The predicted octanol–water partition coefficient (Wildman–Crippen LogP) is 7.93. The van der Waals surface area contributed by atoms with Gasteiger partial charge in [-0.25, -0.2) is 13.1 Å². The number of hydrogen-bond acceptors (Lipinski definition) is 6. The van der Waals surface area contributed by atoms with Crippen molar-refractivity contribution < 1.29 is 22.7 Å². The Morgan fingerprint density at radius 3 is 2.42 bits per heavy atom. The summed E-state index contributed by atoms with van der Waals surface area (Å²) in [7, 11) is -2.14. The first kappa shape index (κ1) is 34.4. The molecule has 4 aromatic rings. The van der Waals surface area contributed by atoms with E-state index < -0.39 is 21.2 Å². The lowest BCUT2D eigenvalue weighted by molar-refractivity contribution is 0.0702. The summed E-state index contributed by atoms with van der Waals surface area (Å²) in [6, 6.07) is 12.4. The Labute approximate surface area is 311 Å². The lowest BCUT2D eigenvalue weighted by Crippen LogP contribution is -2.38. The van der Waals surface area contributed by atoms with Crippen molar-refractivity contribution in [2.75, 3.05) is 13.7 Å². The van der Waals surface area contributed by atoms with E-state index in [-0.39, 0.29) is 11.9 Å². The van der Waals surface area contributed by atoms with Gasteiger partial charge in [-0.2, -0.15) is 5.10 Å². The Balaban J connectivity index is 1.26. The van der Waals surface area contributed by atoms with E-state index in [9.17, 15) is 18.0 Å². The number of hydrogen-bond donors (Lipinski definition) is 1. The molecular weight excluding hydrogens is 687 g/mol. The van der Waals surface area contributed by atoms with Gasteiger partial charge in [-0.1, -0.05) is 25.3 Å². The third kappa shape index (κ3) is 5.81. The largest absolute Gasteiger partial charge is 0.497 e. The molecule has 2 aliphatic heterocycles. The van der Waals surface area contributed by atoms with Crippen molar-refractivity contribution in [3.63, 3.8) is 0 Å². The predicted molar refractivity (Wildman–Crippen MR) is 206 cm³/mol. The molecule has 4 fully saturated rings. The summed E-state index contributed by atoms with van der Waals surface area (Å²) in [5, 5.41) is 5.29. The molecule has 2 atom stereocenters. The van der Waals surface area contributed by atoms with Gasteiger partial charge in [0.15, 0.2) is 0 Å². The second kappa shape index (κ2) is 13.2. The van der Waals surface area contributed by atoms with Gasteiger partial charge in [-0.05, 0) is 130 Å². The molecule has 2 aromatic heterocycles. The fourth-order valence-corrected chi connectivity index (χ4v) is 10.3. The molecule has 11 heteroatoms. The molecule has 4 heterocycles. The molecule has 10 nitrogen and oxygen atoms in total. The van der Waals surface area contributed by atoms with Crippen LogP contribution in [-0.4, -0.2) is 64.4 Å². The number of nitrogens with one attached hydrogen (secondary N) is 1. The number of rotatable bonds is 8. The highest BCUT2D eigenvalue weighted by molar-refractivity contribution is 7.90. The van der Waals surface area contributed by atoms with Gasteiger partial charge in [-0.15, -0.1) is 0 Å². The molecular formula is C42H49N5O5S. The summed E-state index contributed by atoms with van der Waals surface area (Å²) < 4.78 is 38.1. The van der Waals surface area contributed by atoms with E-state index in [1.165, 1.54) is 18.4 Å². The number of amides is 2. The number of piperidine rings is 1. The third-order valence-electron chi connectivity index (χ3n) is 12.8. The van der Waals surface area contributed by atoms with Crippen LogP contribution < -0.4 is 9.46 Å². The van der Waals surface area contributed by atoms with Crippen molar-refractivity contribution in [3.8, 4) is 17.0 Å². The minimum absolute atomic E-state index is 0.0691. The second-order valence-corrected chi connectivity index (χ2v) is 18.5. The SMILES string of the molecule is COc1ccc2c(c1)C=C(c1c(C(=O)N3CC4CCC3C4)cnn1C1CCC1)Cn1c-2c(C2CCCCC2)c2ccc(C(=O)NS(=O)(=O)C(C)C)cc21. The number of carbonyl (C=O) groups is 2. The Kier molecular flexibility index (Phi) is 8.55. The maximum Gasteiger partial charge on any atom is 0.264 e. The van der Waals surface area contributed by atoms with Crippen LogP contribution in [-0.2, 0) is 16.6 Å². The number of fused-ring (bicyclic) bond motifs is 7. The van der Waals surface area contributed by atoms with Crippen LogP contribution >= 0.6 is 0 Å². The molecule has 1 N–H and O–H groups in total. The van der Waals surface area contributed by atoms with E-state index in [0.29, 0.717) is 35.5 Å². The average Bonchev–Trinajstić information content (AvgIpc) is 3.92. The maximum atomic E-state index is 14.5. The van der Waals surface area contributed by atoms with Crippen LogP contribution in [0.15, 0.2) is 42.6 Å². The number of aromatic nitrogens is 3. The van der Waals surface area contributed by atoms with Crippen LogP contribution in [0.2, 0.25) is 0 Å². The van der Waals surface area contributed by atoms with Crippen molar-refractivity contribution in [1.29, 1.82) is 0 Å². The van der Waals surface area contributed by atoms with E-state index in [1.807, 2.05) is 18.2 Å². The summed E-state index contributed by atoms with van der Waals surface area (Å²) in [4.78, 5) is 30.2. The van der Waals surface area contributed by atoms with Gasteiger partial charge >= 0.3 is 0 Å². The van der Waals surface area contributed by atoms with E-state index in [4.69, 9.17) is 9.84 Å². The zero-order chi connectivity index (χ0) is 36.6. The van der Waals surface area contributed by atoms with Gasteiger partial charge in [0.2, 0.25) is 10.0 Å². The molecule has 5 aliphatic rings. The number of benzene rings is 2. The highest BCUT2D eigenvalue weighted by atomic mass is 32.2. The Morgan fingerprint density at radius 1 is 0.925 bits per heavy atom. The van der Waals surface area contributed by atoms with Crippen molar-refractivity contribution in [1.82, 2.24) is 24.0 Å². The van der Waals surface area contributed by atoms with Crippen LogP contribution in [0.3, 0.4) is 0 Å². The Hall–Kier alpha value is -4.38. The number of likely N-dealkylation sites (tertiary alicyclic amines) is 1. The lowest BCUT2D eigenvalue weighted by atomic mass is 9.81. The van der Waals surface area contributed by atoms with Gasteiger partial charge in [-0.3, -0.25) is 14.3 Å². The molecule has 2 aromatic carbocycles. The van der Waals surface area contributed by atoms with Crippen molar-refractivity contribution in [3.05, 3.63) is 70.5 Å². The first-order valence-electron chi connectivity index (χ1n) is 19.6. The van der Waals surface area contributed by atoms with Crippen LogP contribution in [0, 0.1) is 5.92 Å². The number of ether oxygens (including phenoxy) is 1. The normalized spacial score (nSPS) is 21.7. The van der Waals surface area contributed by atoms with Crippen LogP contribution in [0.25, 0.3) is 33.8 Å². The first-order chi connectivity index (χ1) is 25.6. The molecule has 3 saturated carbocycles. The fourth-order valence-electron chi connectivity index (χ4n) is 9.71. The highest BCUT2D eigenvalue weighted by Crippen LogP contribution is 2.49. The Bertz CT molecular complexity index is 2270. The van der Waals surface area contributed by atoms with E-state index in [1.54, 1.807) is 33.2 Å². The molecule has 0 spiro atoms. The molecule has 0 radical (unpaired) electrons. The third-order valence-corrected chi connectivity index (χ3v) is 14.5. The molecule has 53 heavy (non-hydrogen) atoms. The standard InChI is InChI=1S/C42H49N5O5S/c1-25(2)53(50,51)44-41(48)28-13-16-35-37(21-28)46-24-30(19-29-20-33(52-3)15-17-34(29)40(46)38(35)27-8-5-4-6-9-27)39-36(22-43-47(39)31-10-7-11-31)42(49)45-23-26-12-14-32(45)18-26/h13,15-17,19-22,25-27,31-32H,4-12,14,18,23-24H2,1-3H3,(H,44,48). The number of sulfonamides is 1. The van der Waals surface area contributed by atoms with Gasteiger partial charge in [0.05, 0.1) is 48.1 Å². The Morgan fingerprint density at radius 2 is 1.74 bits per heavy atom. The molecule has 1 saturated heterocycles. The van der Waals surface area contributed by atoms with Gasteiger partial charge in [0.1, 0.15) is 5.75 Å². The van der Waals surface area contributed by atoms with Crippen molar-refractivity contribution in [2.45, 2.75) is 114 Å². The number of nitrogens with zero attached hydrogens (tertiary/aromatic N) is 4. The van der Waals surface area contributed by atoms with Crippen LogP contribution in [0.5, 0.6) is 5.75 Å². The smallest absolute Gasteiger partial charge is 0.264 e. The van der Waals surface area contributed by atoms with E-state index >= 15 is 0 Å². The summed E-state index contributed by atoms with van der Waals surface area (Å²) >= 11 is 0. The minimum Gasteiger partial charge on any atom is -0.497 e. The molecule has 2 amide bonds. The summed E-state index contributed by atoms with van der Waals surface area (Å²) in [6.07, 6.45) is 16.3. The van der Waals surface area contributed by atoms with Crippen LogP contribution in [0.4, 0.5) is 0 Å². The van der Waals surface area contributed by atoms with Gasteiger partial charge in [0, 0.05) is 34.6 Å². The van der Waals surface area contributed by atoms with Crippen molar-refractivity contribution in [2.24, 2.45) is 5.92 Å². The summed E-state index contributed by atoms with van der Waals surface area (Å²) in [6.45, 7) is 4.38. The summed E-state index contributed by atoms with van der Waals surface area (Å²) in [5.41, 5.74) is 8.17. The molecule has 9 rings (SSSR count). The number of methoxy groups -OCH3 is 1. The monoisotopic (exact) mass is 735 g/mol. The van der Waals surface area contributed by atoms with E-state index in [0.717, 1.165) is 109 Å². The summed E-state index contributed by atoms with van der Waals surface area (Å²) in [5.74, 6) is 1.10. The molecule has 278 valence electrons.